The molecule has 0 spiro atoms. The van der Waals surface area contributed by atoms with Crippen LogP contribution in [0.2, 0.25) is 0 Å². The third-order valence-corrected chi connectivity index (χ3v) is 3.38. The summed E-state index contributed by atoms with van der Waals surface area (Å²) in [6.07, 6.45) is 1.57. The summed E-state index contributed by atoms with van der Waals surface area (Å²) in [5.41, 5.74) is 2.67. The van der Waals surface area contributed by atoms with Crippen molar-refractivity contribution in [2.75, 3.05) is 6.54 Å². The minimum Gasteiger partial charge on any atom is -0.393 e. The first kappa shape index (κ1) is 11.6. The molecule has 0 aliphatic carbocycles. The molecule has 1 saturated heterocycles. The quantitative estimate of drug-likeness (QED) is 0.801. The molecule has 1 aliphatic heterocycles. The molecule has 2 atom stereocenters. The predicted molar refractivity (Wildman–Crippen MR) is 66.5 cm³/mol. The zero-order chi connectivity index (χ0) is 11.5. The van der Waals surface area contributed by atoms with Crippen LogP contribution in [-0.2, 0) is 0 Å². The highest BCUT2D eigenvalue weighted by atomic mass is 16.3. The van der Waals surface area contributed by atoms with Gasteiger partial charge in [0.1, 0.15) is 0 Å². The van der Waals surface area contributed by atoms with Crippen LogP contribution in [0.25, 0.3) is 0 Å². The van der Waals surface area contributed by atoms with Crippen LogP contribution in [-0.4, -0.2) is 17.8 Å². The fraction of sp³-hybridized carbons (Fsp3) is 0.571. The lowest BCUT2D eigenvalue weighted by Gasteiger charge is -2.27. The van der Waals surface area contributed by atoms with Crippen molar-refractivity contribution in [3.8, 4) is 0 Å². The minimum absolute atomic E-state index is 0.143. The first-order valence-corrected chi connectivity index (χ1v) is 6.18. The van der Waals surface area contributed by atoms with Gasteiger partial charge in [-0.25, -0.2) is 0 Å². The Kier molecular flexibility index (Phi) is 3.62. The van der Waals surface area contributed by atoms with E-state index in [9.17, 15) is 5.11 Å². The normalized spacial score (nSPS) is 26.0. The Hall–Kier alpha value is -0.860. The molecule has 2 nitrogen and oxygen atoms in total. The molecule has 1 aliphatic rings. The van der Waals surface area contributed by atoms with Crippen LogP contribution in [0.1, 0.15) is 49.8 Å². The lowest BCUT2D eigenvalue weighted by atomic mass is 9.93. The molecule has 0 bridgehead atoms. The Morgan fingerprint density at radius 3 is 2.50 bits per heavy atom. The van der Waals surface area contributed by atoms with E-state index in [-0.39, 0.29) is 6.10 Å². The maximum atomic E-state index is 9.64. The van der Waals surface area contributed by atoms with Gasteiger partial charge in [0.2, 0.25) is 0 Å². The van der Waals surface area contributed by atoms with Crippen molar-refractivity contribution in [3.63, 3.8) is 0 Å². The monoisotopic (exact) mass is 219 g/mol. The number of nitrogens with one attached hydrogen (secondary N) is 1. The van der Waals surface area contributed by atoms with Crippen LogP contribution in [0.15, 0.2) is 24.3 Å². The summed E-state index contributed by atoms with van der Waals surface area (Å²) in [4.78, 5) is 0. The van der Waals surface area contributed by atoms with E-state index in [2.05, 4.69) is 43.4 Å². The molecule has 2 heteroatoms. The molecule has 2 N–H and O–H groups in total. The molecule has 2 unspecified atom stereocenters. The van der Waals surface area contributed by atoms with Crippen LogP contribution in [0.5, 0.6) is 0 Å². The molecule has 88 valence electrons. The van der Waals surface area contributed by atoms with Gasteiger partial charge in [-0.1, -0.05) is 38.1 Å². The molecule has 1 aromatic rings. The van der Waals surface area contributed by atoms with E-state index in [1.807, 2.05) is 0 Å². The predicted octanol–water partition coefficient (Wildman–Crippen LogP) is 2.60. The van der Waals surface area contributed by atoms with Crippen molar-refractivity contribution in [1.82, 2.24) is 5.32 Å². The van der Waals surface area contributed by atoms with Gasteiger partial charge in [0.15, 0.2) is 0 Å². The number of hydrogen-bond donors (Lipinski definition) is 2. The van der Waals surface area contributed by atoms with E-state index < -0.39 is 0 Å². The van der Waals surface area contributed by atoms with Gasteiger partial charge in [-0.3, -0.25) is 0 Å². The van der Waals surface area contributed by atoms with Crippen LogP contribution >= 0.6 is 0 Å². The number of rotatable bonds is 2. The first-order chi connectivity index (χ1) is 7.66. The highest BCUT2D eigenvalue weighted by Crippen LogP contribution is 2.24. The van der Waals surface area contributed by atoms with E-state index in [0.29, 0.717) is 12.0 Å². The molecule has 2 rings (SSSR count). The number of benzene rings is 1. The Labute approximate surface area is 97.7 Å². The Morgan fingerprint density at radius 2 is 1.94 bits per heavy atom. The SMILES string of the molecule is CC(C)c1ccc(C2CC(O)CCN2)cc1. The topological polar surface area (TPSA) is 32.3 Å². The first-order valence-electron chi connectivity index (χ1n) is 6.18. The van der Waals surface area contributed by atoms with Crippen molar-refractivity contribution >= 4 is 0 Å². The summed E-state index contributed by atoms with van der Waals surface area (Å²) in [6, 6.07) is 9.09. The Morgan fingerprint density at radius 1 is 1.25 bits per heavy atom. The number of hydrogen-bond acceptors (Lipinski definition) is 2. The maximum absolute atomic E-state index is 9.64. The van der Waals surface area contributed by atoms with Crippen LogP contribution < -0.4 is 5.32 Å². The molecular weight excluding hydrogens is 198 g/mol. The molecule has 16 heavy (non-hydrogen) atoms. The Bertz CT molecular complexity index is 331. The van der Waals surface area contributed by atoms with Crippen LogP contribution in [0, 0.1) is 0 Å². The van der Waals surface area contributed by atoms with Crippen molar-refractivity contribution in [2.45, 2.75) is 44.8 Å². The van der Waals surface area contributed by atoms with Crippen LogP contribution in [0.3, 0.4) is 0 Å². The summed E-state index contributed by atoms with van der Waals surface area (Å²) in [7, 11) is 0. The summed E-state index contributed by atoms with van der Waals surface area (Å²) in [5.74, 6) is 0.582. The number of aliphatic hydroxyl groups excluding tert-OH is 1. The van der Waals surface area contributed by atoms with Crippen molar-refractivity contribution in [3.05, 3.63) is 35.4 Å². The van der Waals surface area contributed by atoms with Gasteiger partial charge in [0.25, 0.3) is 0 Å². The lowest BCUT2D eigenvalue weighted by molar-refractivity contribution is 0.117. The summed E-state index contributed by atoms with van der Waals surface area (Å²) in [5, 5.41) is 13.1. The van der Waals surface area contributed by atoms with Crippen molar-refractivity contribution < 1.29 is 5.11 Å². The van der Waals surface area contributed by atoms with Crippen molar-refractivity contribution in [2.24, 2.45) is 0 Å². The van der Waals surface area contributed by atoms with Crippen molar-refractivity contribution in [1.29, 1.82) is 0 Å². The second-order valence-electron chi connectivity index (χ2n) is 5.01. The van der Waals surface area contributed by atoms with Gasteiger partial charge in [-0.2, -0.15) is 0 Å². The van der Waals surface area contributed by atoms with Crippen LogP contribution in [0.4, 0.5) is 0 Å². The third-order valence-electron chi connectivity index (χ3n) is 3.38. The second kappa shape index (κ2) is 4.98. The molecule has 0 saturated carbocycles. The van der Waals surface area contributed by atoms with Gasteiger partial charge < -0.3 is 10.4 Å². The standard InChI is InChI=1S/C14H21NO/c1-10(2)11-3-5-12(6-4-11)14-9-13(16)7-8-15-14/h3-6,10,13-16H,7-9H2,1-2H3. The average Bonchev–Trinajstić information content (AvgIpc) is 2.29. The number of piperidine rings is 1. The molecule has 1 fully saturated rings. The fourth-order valence-electron chi connectivity index (χ4n) is 2.26. The van der Waals surface area contributed by atoms with E-state index in [0.717, 1.165) is 19.4 Å². The van der Waals surface area contributed by atoms with E-state index in [1.165, 1.54) is 11.1 Å². The number of aliphatic hydroxyl groups is 1. The van der Waals surface area contributed by atoms with E-state index >= 15 is 0 Å². The minimum atomic E-state index is -0.143. The molecule has 0 radical (unpaired) electrons. The maximum Gasteiger partial charge on any atom is 0.0570 e. The summed E-state index contributed by atoms with van der Waals surface area (Å²) < 4.78 is 0. The summed E-state index contributed by atoms with van der Waals surface area (Å²) >= 11 is 0. The smallest absolute Gasteiger partial charge is 0.0570 e. The summed E-state index contributed by atoms with van der Waals surface area (Å²) in [6.45, 7) is 5.33. The molecular formula is C14H21NO. The molecule has 0 aromatic heterocycles. The Balaban J connectivity index is 2.09. The van der Waals surface area contributed by atoms with E-state index in [4.69, 9.17) is 0 Å². The largest absolute Gasteiger partial charge is 0.393 e. The van der Waals surface area contributed by atoms with Gasteiger partial charge in [-0.05, 0) is 36.4 Å². The van der Waals surface area contributed by atoms with E-state index in [1.54, 1.807) is 0 Å². The second-order valence-corrected chi connectivity index (χ2v) is 5.01. The fourth-order valence-corrected chi connectivity index (χ4v) is 2.26. The highest BCUT2D eigenvalue weighted by Gasteiger charge is 2.20. The van der Waals surface area contributed by atoms with Gasteiger partial charge in [-0.15, -0.1) is 0 Å². The van der Waals surface area contributed by atoms with Gasteiger partial charge in [0.05, 0.1) is 6.10 Å². The van der Waals surface area contributed by atoms with Gasteiger partial charge >= 0.3 is 0 Å². The highest BCUT2D eigenvalue weighted by molar-refractivity contribution is 5.27. The molecule has 1 aromatic carbocycles. The van der Waals surface area contributed by atoms with Gasteiger partial charge in [0, 0.05) is 6.04 Å². The molecule has 1 heterocycles. The third kappa shape index (κ3) is 2.63. The average molecular weight is 219 g/mol. The molecule has 0 amide bonds. The lowest BCUT2D eigenvalue weighted by Crippen LogP contribution is -2.34. The zero-order valence-corrected chi connectivity index (χ0v) is 10.1. The zero-order valence-electron chi connectivity index (χ0n) is 10.1.